The second-order valence-corrected chi connectivity index (χ2v) is 10.9. The lowest BCUT2D eigenvalue weighted by Crippen LogP contribution is -2.15. The van der Waals surface area contributed by atoms with Crippen LogP contribution in [0.25, 0.3) is 10.6 Å². The molecule has 2 rings (SSSR count). The quantitative estimate of drug-likeness (QED) is 0.446. The average Bonchev–Trinajstić information content (AvgIpc) is 2.79. The Morgan fingerprint density at radius 1 is 1.26 bits per heavy atom. The van der Waals surface area contributed by atoms with Crippen molar-refractivity contribution in [2.24, 2.45) is 0 Å². The molecule has 0 aliphatic heterocycles. The van der Waals surface area contributed by atoms with Gasteiger partial charge in [0, 0.05) is 16.6 Å². The third-order valence-electron chi connectivity index (χ3n) is 3.62. The van der Waals surface area contributed by atoms with E-state index in [2.05, 4.69) is 74.9 Å². The van der Waals surface area contributed by atoms with Crippen LogP contribution in [0.15, 0.2) is 18.2 Å². The highest BCUT2D eigenvalue weighted by atomic mass is 79.9. The van der Waals surface area contributed by atoms with Gasteiger partial charge in [-0.05, 0) is 43.1 Å². The molecule has 0 bridgehead atoms. The molecule has 2 nitrogen and oxygen atoms in total. The maximum absolute atomic E-state index is 6.20. The first kappa shape index (κ1) is 18.7. The molecular formula is C18H25BrNOSSi. The minimum Gasteiger partial charge on any atom is -0.542 e. The zero-order valence-corrected chi connectivity index (χ0v) is 18.2. The summed E-state index contributed by atoms with van der Waals surface area (Å²) in [6.07, 6.45) is 0.967. The van der Waals surface area contributed by atoms with Crippen LogP contribution in [0, 0.1) is 6.92 Å². The molecule has 23 heavy (non-hydrogen) atoms. The molecular weight excluding hydrogens is 386 g/mol. The SMILES string of the molecule is Cc1sc(-c2ccc(C(C)(C)C)cc2O[Si](C)C)nc1CCBr. The van der Waals surface area contributed by atoms with Crippen LogP contribution in [-0.2, 0) is 11.8 Å². The molecule has 0 saturated heterocycles. The van der Waals surface area contributed by atoms with E-state index in [0.29, 0.717) is 0 Å². The highest BCUT2D eigenvalue weighted by molar-refractivity contribution is 9.09. The third-order valence-corrected chi connectivity index (χ3v) is 5.69. The molecule has 125 valence electrons. The van der Waals surface area contributed by atoms with Crippen LogP contribution in [0.3, 0.4) is 0 Å². The number of halogens is 1. The van der Waals surface area contributed by atoms with Crippen molar-refractivity contribution in [3.8, 4) is 16.3 Å². The number of aryl methyl sites for hydroxylation is 2. The average molecular weight is 411 g/mol. The number of thiazole rings is 1. The maximum atomic E-state index is 6.20. The first-order valence-electron chi connectivity index (χ1n) is 7.87. The van der Waals surface area contributed by atoms with Gasteiger partial charge in [0.25, 0.3) is 9.04 Å². The van der Waals surface area contributed by atoms with Crippen LogP contribution in [0.4, 0.5) is 0 Å². The van der Waals surface area contributed by atoms with E-state index < -0.39 is 9.04 Å². The summed E-state index contributed by atoms with van der Waals surface area (Å²) in [5.41, 5.74) is 3.73. The Kier molecular flexibility index (Phi) is 6.08. The van der Waals surface area contributed by atoms with E-state index in [1.54, 1.807) is 11.3 Å². The highest BCUT2D eigenvalue weighted by Crippen LogP contribution is 2.37. The van der Waals surface area contributed by atoms with Crippen LogP contribution in [0.5, 0.6) is 5.75 Å². The van der Waals surface area contributed by atoms with Gasteiger partial charge in [-0.2, -0.15) is 0 Å². The molecule has 1 aromatic heterocycles. The summed E-state index contributed by atoms with van der Waals surface area (Å²) in [6.45, 7) is 13.2. The van der Waals surface area contributed by atoms with Crippen molar-refractivity contribution in [1.29, 1.82) is 0 Å². The standard InChI is InChI=1S/C18H25BrNOSSi/c1-12-15(9-10-19)20-17(22-12)14-8-7-13(18(2,3)4)11-16(14)21-23(5)6/h7-8,11H,9-10H2,1-6H3. The van der Waals surface area contributed by atoms with Gasteiger partial charge < -0.3 is 4.43 Å². The Morgan fingerprint density at radius 2 is 1.96 bits per heavy atom. The van der Waals surface area contributed by atoms with Crippen molar-refractivity contribution in [3.05, 3.63) is 34.3 Å². The molecule has 1 aromatic carbocycles. The summed E-state index contributed by atoms with van der Waals surface area (Å²) >= 11 is 5.27. The Hall–Kier alpha value is -0.653. The van der Waals surface area contributed by atoms with E-state index in [1.165, 1.54) is 16.1 Å². The van der Waals surface area contributed by atoms with Crippen molar-refractivity contribution in [2.45, 2.75) is 52.6 Å². The van der Waals surface area contributed by atoms with Crippen molar-refractivity contribution in [3.63, 3.8) is 0 Å². The lowest BCUT2D eigenvalue weighted by Gasteiger charge is -2.22. The second-order valence-electron chi connectivity index (χ2n) is 6.93. The van der Waals surface area contributed by atoms with E-state index in [4.69, 9.17) is 9.41 Å². The van der Waals surface area contributed by atoms with Crippen molar-refractivity contribution in [1.82, 2.24) is 4.98 Å². The fourth-order valence-corrected chi connectivity index (χ4v) is 4.31. The molecule has 0 fully saturated rings. The monoisotopic (exact) mass is 410 g/mol. The van der Waals surface area contributed by atoms with Crippen LogP contribution in [0.2, 0.25) is 13.1 Å². The molecule has 5 heteroatoms. The van der Waals surface area contributed by atoms with Crippen molar-refractivity contribution < 1.29 is 4.43 Å². The van der Waals surface area contributed by atoms with E-state index in [-0.39, 0.29) is 5.41 Å². The van der Waals surface area contributed by atoms with Gasteiger partial charge in [-0.1, -0.05) is 42.8 Å². The van der Waals surface area contributed by atoms with Gasteiger partial charge in [-0.25, -0.2) is 4.98 Å². The molecule has 0 amide bonds. The molecule has 0 spiro atoms. The number of benzene rings is 1. The van der Waals surface area contributed by atoms with Gasteiger partial charge in [-0.3, -0.25) is 0 Å². The zero-order chi connectivity index (χ0) is 17.2. The Labute approximate surface area is 154 Å². The van der Waals surface area contributed by atoms with Crippen molar-refractivity contribution >= 4 is 36.3 Å². The van der Waals surface area contributed by atoms with Crippen LogP contribution in [-0.4, -0.2) is 19.4 Å². The third kappa shape index (κ3) is 4.67. The van der Waals surface area contributed by atoms with Gasteiger partial charge >= 0.3 is 0 Å². The van der Waals surface area contributed by atoms with Crippen LogP contribution in [0.1, 0.15) is 36.9 Å². The number of hydrogen-bond donors (Lipinski definition) is 0. The second kappa shape index (κ2) is 7.49. The maximum Gasteiger partial charge on any atom is 0.274 e. The molecule has 2 aromatic rings. The Morgan fingerprint density at radius 3 is 2.52 bits per heavy atom. The summed E-state index contributed by atoms with van der Waals surface area (Å²) in [5, 5.41) is 2.01. The summed E-state index contributed by atoms with van der Waals surface area (Å²) in [5.74, 6) is 0.982. The molecule has 0 atom stereocenters. The van der Waals surface area contributed by atoms with E-state index >= 15 is 0 Å². The molecule has 1 heterocycles. The van der Waals surface area contributed by atoms with Gasteiger partial charge in [-0.15, -0.1) is 11.3 Å². The van der Waals surface area contributed by atoms with Crippen LogP contribution < -0.4 is 4.43 Å². The largest absolute Gasteiger partial charge is 0.542 e. The van der Waals surface area contributed by atoms with Gasteiger partial charge in [0.2, 0.25) is 0 Å². The van der Waals surface area contributed by atoms with Gasteiger partial charge in [0.15, 0.2) is 0 Å². The fraction of sp³-hybridized carbons (Fsp3) is 0.500. The van der Waals surface area contributed by atoms with E-state index in [9.17, 15) is 0 Å². The van der Waals surface area contributed by atoms with Crippen LogP contribution >= 0.6 is 27.3 Å². The number of aromatic nitrogens is 1. The van der Waals surface area contributed by atoms with E-state index in [1.807, 2.05) is 0 Å². The first-order valence-corrected chi connectivity index (χ1v) is 12.2. The van der Waals surface area contributed by atoms with Gasteiger partial charge in [0.1, 0.15) is 10.8 Å². The summed E-state index contributed by atoms with van der Waals surface area (Å²) in [6, 6.07) is 6.59. The van der Waals surface area contributed by atoms with E-state index in [0.717, 1.165) is 28.1 Å². The minimum absolute atomic E-state index is 0.116. The summed E-state index contributed by atoms with van der Waals surface area (Å²) in [4.78, 5) is 6.14. The molecule has 0 aliphatic rings. The number of nitrogens with zero attached hydrogens (tertiary/aromatic N) is 1. The number of hydrogen-bond acceptors (Lipinski definition) is 3. The Bertz CT molecular complexity index is 676. The number of alkyl halides is 1. The first-order chi connectivity index (χ1) is 10.7. The topological polar surface area (TPSA) is 22.1 Å². The lowest BCUT2D eigenvalue weighted by molar-refractivity contribution is 0.562. The molecule has 0 unspecified atom stereocenters. The van der Waals surface area contributed by atoms with Gasteiger partial charge in [0.05, 0.1) is 11.3 Å². The zero-order valence-electron chi connectivity index (χ0n) is 14.8. The Balaban J connectivity index is 2.50. The summed E-state index contributed by atoms with van der Waals surface area (Å²) < 4.78 is 6.20. The van der Waals surface area contributed by atoms with Crippen molar-refractivity contribution in [2.75, 3.05) is 5.33 Å². The molecule has 0 aliphatic carbocycles. The smallest absolute Gasteiger partial charge is 0.274 e. The minimum atomic E-state index is -0.821. The predicted octanol–water partition coefficient (Wildman–Crippen LogP) is 5.98. The summed E-state index contributed by atoms with van der Waals surface area (Å²) in [7, 11) is -0.821. The number of rotatable bonds is 5. The molecule has 0 saturated carbocycles. The highest BCUT2D eigenvalue weighted by Gasteiger charge is 2.19. The normalized spacial score (nSPS) is 12.0. The predicted molar refractivity (Wildman–Crippen MR) is 107 cm³/mol. The fourth-order valence-electron chi connectivity index (χ4n) is 2.33. The molecule has 1 radical (unpaired) electrons. The lowest BCUT2D eigenvalue weighted by atomic mass is 9.86. The molecule has 0 N–H and O–H groups in total.